The summed E-state index contributed by atoms with van der Waals surface area (Å²) in [5.74, 6) is -0.452. The van der Waals surface area contributed by atoms with Crippen LogP contribution in [0.4, 0.5) is 0 Å². The van der Waals surface area contributed by atoms with Gasteiger partial charge in [0.1, 0.15) is 6.33 Å². The minimum atomic E-state index is -0.360. The number of hydrogen-bond acceptors (Lipinski definition) is 5. The van der Waals surface area contributed by atoms with E-state index in [1.807, 2.05) is 0 Å². The first-order valence-electron chi connectivity index (χ1n) is 6.58. The maximum absolute atomic E-state index is 12.0. The Bertz CT molecular complexity index is 425. The molecule has 0 unspecified atom stereocenters. The summed E-state index contributed by atoms with van der Waals surface area (Å²) in [5.41, 5.74) is 2.08. The molecule has 0 aliphatic rings. The van der Waals surface area contributed by atoms with Gasteiger partial charge in [0.25, 0.3) is 5.91 Å². The van der Waals surface area contributed by atoms with Gasteiger partial charge in [-0.25, -0.2) is 15.4 Å². The van der Waals surface area contributed by atoms with E-state index in [0.717, 1.165) is 25.7 Å². The number of nitrogens with zero attached hydrogens (tertiary/aromatic N) is 3. The minimum absolute atomic E-state index is 0.0924. The number of rotatable bonds is 8. The summed E-state index contributed by atoms with van der Waals surface area (Å²) in [6.07, 6.45) is 8.14. The van der Waals surface area contributed by atoms with E-state index in [1.165, 1.54) is 18.7 Å². The van der Waals surface area contributed by atoms with Gasteiger partial charge in [0.2, 0.25) is 5.91 Å². The van der Waals surface area contributed by atoms with E-state index in [1.54, 1.807) is 17.4 Å². The van der Waals surface area contributed by atoms with Crippen LogP contribution in [0.2, 0.25) is 0 Å². The molecule has 7 heteroatoms. The van der Waals surface area contributed by atoms with E-state index in [-0.39, 0.29) is 11.8 Å². The van der Waals surface area contributed by atoms with Crippen LogP contribution in [0.5, 0.6) is 0 Å². The average molecular weight is 280 g/mol. The Kier molecular flexibility index (Phi) is 7.20. The van der Waals surface area contributed by atoms with Crippen LogP contribution in [0, 0.1) is 0 Å². The molecule has 1 heterocycles. The van der Waals surface area contributed by atoms with E-state index < -0.39 is 0 Å². The second-order valence-corrected chi connectivity index (χ2v) is 4.55. The van der Waals surface area contributed by atoms with Crippen LogP contribution < -0.4 is 5.48 Å². The first kappa shape index (κ1) is 16.0. The van der Waals surface area contributed by atoms with Gasteiger partial charge in [-0.15, -0.1) is 0 Å². The molecule has 0 fully saturated rings. The second kappa shape index (κ2) is 8.98. The van der Waals surface area contributed by atoms with Crippen molar-refractivity contribution in [2.45, 2.75) is 32.1 Å². The first-order valence-corrected chi connectivity index (χ1v) is 6.58. The molecule has 0 saturated heterocycles. The molecule has 110 valence electrons. The van der Waals surface area contributed by atoms with Gasteiger partial charge in [-0.2, -0.15) is 0 Å². The standard InChI is InChI=1S/C13H20N4O3/c1-17(13(19)11-8-14-10-15-9-11)7-5-3-2-4-6-12(18)16-20/h8-10,20H,2-7H2,1H3,(H,16,18). The number of carbonyl (C=O) groups excluding carboxylic acids is 2. The van der Waals surface area contributed by atoms with Crippen molar-refractivity contribution in [3.8, 4) is 0 Å². The van der Waals surface area contributed by atoms with Crippen molar-refractivity contribution in [1.29, 1.82) is 0 Å². The van der Waals surface area contributed by atoms with Crippen LogP contribution in [0.15, 0.2) is 18.7 Å². The molecule has 1 rings (SSSR count). The summed E-state index contributed by atoms with van der Waals surface area (Å²) in [4.78, 5) is 32.0. The number of hydrogen-bond donors (Lipinski definition) is 2. The quantitative estimate of drug-likeness (QED) is 0.421. The maximum Gasteiger partial charge on any atom is 0.256 e. The third kappa shape index (κ3) is 5.75. The highest BCUT2D eigenvalue weighted by Gasteiger charge is 2.11. The molecule has 0 atom stereocenters. The van der Waals surface area contributed by atoms with Gasteiger partial charge in [0.15, 0.2) is 0 Å². The lowest BCUT2D eigenvalue weighted by Gasteiger charge is -2.16. The third-order valence-corrected chi connectivity index (χ3v) is 2.93. The highest BCUT2D eigenvalue weighted by molar-refractivity contribution is 5.93. The van der Waals surface area contributed by atoms with Crippen LogP contribution in [0.1, 0.15) is 42.5 Å². The molecule has 0 aliphatic carbocycles. The van der Waals surface area contributed by atoms with Gasteiger partial charge < -0.3 is 4.90 Å². The van der Waals surface area contributed by atoms with E-state index in [2.05, 4.69) is 9.97 Å². The molecule has 7 nitrogen and oxygen atoms in total. The van der Waals surface area contributed by atoms with E-state index in [4.69, 9.17) is 5.21 Å². The van der Waals surface area contributed by atoms with Crippen molar-refractivity contribution in [3.05, 3.63) is 24.3 Å². The fraction of sp³-hybridized carbons (Fsp3) is 0.538. The van der Waals surface area contributed by atoms with Crippen LogP contribution >= 0.6 is 0 Å². The lowest BCUT2D eigenvalue weighted by atomic mass is 10.1. The molecule has 0 bridgehead atoms. The molecule has 0 aliphatic heterocycles. The summed E-state index contributed by atoms with van der Waals surface area (Å²) in [7, 11) is 1.74. The SMILES string of the molecule is CN(CCCCCCC(=O)NO)C(=O)c1cncnc1. The van der Waals surface area contributed by atoms with Crippen molar-refractivity contribution in [3.63, 3.8) is 0 Å². The van der Waals surface area contributed by atoms with Gasteiger partial charge >= 0.3 is 0 Å². The fourth-order valence-electron chi connectivity index (χ4n) is 1.78. The Morgan fingerprint density at radius 2 is 1.85 bits per heavy atom. The summed E-state index contributed by atoms with van der Waals surface area (Å²) < 4.78 is 0. The van der Waals surface area contributed by atoms with Crippen molar-refractivity contribution in [2.75, 3.05) is 13.6 Å². The summed E-state index contributed by atoms with van der Waals surface area (Å²) >= 11 is 0. The van der Waals surface area contributed by atoms with Crippen LogP contribution in [0.3, 0.4) is 0 Å². The number of nitrogens with one attached hydrogen (secondary N) is 1. The van der Waals surface area contributed by atoms with Gasteiger partial charge in [-0.05, 0) is 12.8 Å². The fourth-order valence-corrected chi connectivity index (χ4v) is 1.78. The van der Waals surface area contributed by atoms with Gasteiger partial charge in [0, 0.05) is 32.4 Å². The molecule has 2 N–H and O–H groups in total. The largest absolute Gasteiger partial charge is 0.342 e. The van der Waals surface area contributed by atoms with E-state index in [0.29, 0.717) is 18.5 Å². The third-order valence-electron chi connectivity index (χ3n) is 2.93. The maximum atomic E-state index is 12.0. The molecule has 0 spiro atoms. The second-order valence-electron chi connectivity index (χ2n) is 4.55. The molecular formula is C13H20N4O3. The zero-order valence-electron chi connectivity index (χ0n) is 11.6. The molecule has 20 heavy (non-hydrogen) atoms. The van der Waals surface area contributed by atoms with Crippen molar-refractivity contribution in [2.24, 2.45) is 0 Å². The molecule has 1 aromatic heterocycles. The zero-order chi connectivity index (χ0) is 14.8. The molecule has 0 aromatic carbocycles. The molecule has 0 saturated carbocycles. The number of carbonyl (C=O) groups is 2. The number of hydroxylamine groups is 1. The monoisotopic (exact) mass is 280 g/mol. The average Bonchev–Trinajstić information content (AvgIpc) is 2.50. The van der Waals surface area contributed by atoms with Gasteiger partial charge in [0.05, 0.1) is 5.56 Å². The molecular weight excluding hydrogens is 260 g/mol. The topological polar surface area (TPSA) is 95.4 Å². The van der Waals surface area contributed by atoms with Gasteiger partial charge in [-0.3, -0.25) is 14.8 Å². The predicted molar refractivity (Wildman–Crippen MR) is 72.0 cm³/mol. The van der Waals surface area contributed by atoms with Crippen molar-refractivity contribution >= 4 is 11.8 Å². The van der Waals surface area contributed by atoms with Crippen LogP contribution in [0.25, 0.3) is 0 Å². The number of unbranched alkanes of at least 4 members (excludes halogenated alkanes) is 3. The molecule has 2 amide bonds. The minimum Gasteiger partial charge on any atom is -0.342 e. The molecule has 0 radical (unpaired) electrons. The predicted octanol–water partition coefficient (Wildman–Crippen LogP) is 1.00. The van der Waals surface area contributed by atoms with E-state index >= 15 is 0 Å². The summed E-state index contributed by atoms with van der Waals surface area (Å²) in [5, 5.41) is 8.33. The first-order chi connectivity index (χ1) is 9.65. The van der Waals surface area contributed by atoms with Crippen LogP contribution in [-0.2, 0) is 4.79 Å². The highest BCUT2D eigenvalue weighted by atomic mass is 16.5. The highest BCUT2D eigenvalue weighted by Crippen LogP contribution is 2.06. The molecule has 1 aromatic rings. The lowest BCUT2D eigenvalue weighted by Crippen LogP contribution is -2.27. The van der Waals surface area contributed by atoms with Gasteiger partial charge in [-0.1, -0.05) is 12.8 Å². The van der Waals surface area contributed by atoms with Crippen molar-refractivity contribution < 1.29 is 14.8 Å². The lowest BCUT2D eigenvalue weighted by molar-refractivity contribution is -0.129. The van der Waals surface area contributed by atoms with E-state index in [9.17, 15) is 9.59 Å². The van der Waals surface area contributed by atoms with Crippen molar-refractivity contribution in [1.82, 2.24) is 20.3 Å². The number of amides is 2. The van der Waals surface area contributed by atoms with Crippen LogP contribution in [-0.4, -0.2) is 45.5 Å². The normalized spacial score (nSPS) is 10.1. The Balaban J connectivity index is 2.16. The number of aromatic nitrogens is 2. The Morgan fingerprint density at radius 3 is 2.50 bits per heavy atom. The Morgan fingerprint density at radius 1 is 1.20 bits per heavy atom. The summed E-state index contributed by atoms with van der Waals surface area (Å²) in [6, 6.07) is 0. The Hall–Kier alpha value is -2.02. The smallest absolute Gasteiger partial charge is 0.256 e. The summed E-state index contributed by atoms with van der Waals surface area (Å²) in [6.45, 7) is 0.653. The zero-order valence-corrected chi connectivity index (χ0v) is 11.6. The Labute approximate surface area is 118 Å².